The van der Waals surface area contributed by atoms with E-state index in [0.29, 0.717) is 5.02 Å². The lowest BCUT2D eigenvalue weighted by atomic mass is 10.2. The molecule has 0 aliphatic rings. The first-order valence-corrected chi connectivity index (χ1v) is 7.87. The molecule has 1 amide bonds. The zero-order chi connectivity index (χ0) is 18.9. The molecule has 136 valence electrons. The van der Waals surface area contributed by atoms with Gasteiger partial charge in [0.2, 0.25) is 0 Å². The number of nitrogens with one attached hydrogen (secondary N) is 1. The fraction of sp³-hybridized carbons (Fsp3) is 0.176. The van der Waals surface area contributed by atoms with Gasteiger partial charge in [-0.05, 0) is 17.7 Å². The van der Waals surface area contributed by atoms with Crippen LogP contribution in [0.5, 0.6) is 5.75 Å². The number of nitrogens with zero attached hydrogens (tertiary/aromatic N) is 1. The molecule has 0 aliphatic carbocycles. The monoisotopic (exact) mass is 378 g/mol. The third-order valence-corrected chi connectivity index (χ3v) is 3.57. The average Bonchev–Trinajstić information content (AvgIpc) is 2.64. The number of benzene rings is 2. The summed E-state index contributed by atoms with van der Waals surface area (Å²) in [5, 5.41) is 13.9. The van der Waals surface area contributed by atoms with Crippen molar-refractivity contribution in [2.45, 2.75) is 6.54 Å². The fourth-order valence-corrected chi connectivity index (χ4v) is 2.14. The van der Waals surface area contributed by atoms with E-state index in [9.17, 15) is 19.7 Å². The Hall–Kier alpha value is -3.13. The first kappa shape index (κ1) is 19.2. The quantitative estimate of drug-likeness (QED) is 0.429. The summed E-state index contributed by atoms with van der Waals surface area (Å²) in [6, 6.07) is 12.6. The van der Waals surface area contributed by atoms with Gasteiger partial charge < -0.3 is 14.8 Å². The molecule has 0 unspecified atom stereocenters. The molecule has 2 aromatic rings. The van der Waals surface area contributed by atoms with Gasteiger partial charge in [-0.1, -0.05) is 41.9 Å². The number of hydrogen-bond acceptors (Lipinski definition) is 6. The summed E-state index contributed by atoms with van der Waals surface area (Å²) in [5.41, 5.74) is 0.464. The van der Waals surface area contributed by atoms with Crippen molar-refractivity contribution in [1.82, 2.24) is 5.32 Å². The smallest absolute Gasteiger partial charge is 0.344 e. The standard InChI is InChI=1S/C17H15ClN2O6/c18-13-6-2-1-5-12(13)9-19-16(21)10-26-17(22)11-25-15-8-4-3-7-14(15)20(23)24/h1-8H,9-11H2,(H,19,21). The largest absolute Gasteiger partial charge is 0.475 e. The highest BCUT2D eigenvalue weighted by Gasteiger charge is 2.16. The van der Waals surface area contributed by atoms with E-state index >= 15 is 0 Å². The average molecular weight is 379 g/mol. The van der Waals surface area contributed by atoms with Crippen molar-refractivity contribution in [3.63, 3.8) is 0 Å². The van der Waals surface area contributed by atoms with Gasteiger partial charge in [-0.25, -0.2) is 4.79 Å². The number of esters is 1. The van der Waals surface area contributed by atoms with Crippen molar-refractivity contribution in [1.29, 1.82) is 0 Å². The van der Waals surface area contributed by atoms with Crippen LogP contribution in [0.2, 0.25) is 5.02 Å². The maximum Gasteiger partial charge on any atom is 0.344 e. The number of para-hydroxylation sites is 2. The number of amides is 1. The summed E-state index contributed by atoms with van der Waals surface area (Å²) in [5.74, 6) is -1.39. The van der Waals surface area contributed by atoms with E-state index < -0.39 is 30.0 Å². The van der Waals surface area contributed by atoms with Gasteiger partial charge in [-0.3, -0.25) is 14.9 Å². The second-order valence-electron chi connectivity index (χ2n) is 5.04. The summed E-state index contributed by atoms with van der Waals surface area (Å²) in [4.78, 5) is 33.5. The molecule has 0 aromatic heterocycles. The molecule has 26 heavy (non-hydrogen) atoms. The molecule has 2 rings (SSSR count). The number of carbonyl (C=O) groups is 2. The van der Waals surface area contributed by atoms with E-state index in [0.717, 1.165) is 5.56 Å². The van der Waals surface area contributed by atoms with E-state index in [2.05, 4.69) is 5.32 Å². The second kappa shape index (κ2) is 9.38. The summed E-state index contributed by atoms with van der Waals surface area (Å²) in [6.07, 6.45) is 0. The lowest BCUT2D eigenvalue weighted by Crippen LogP contribution is -2.29. The van der Waals surface area contributed by atoms with Crippen LogP contribution in [0.3, 0.4) is 0 Å². The Labute approximate surface area is 153 Å². The van der Waals surface area contributed by atoms with E-state index in [1.54, 1.807) is 24.3 Å². The Bertz CT molecular complexity index is 811. The topological polar surface area (TPSA) is 108 Å². The SMILES string of the molecule is O=C(COC(=O)COc1ccccc1[N+](=O)[O-])NCc1ccccc1Cl. The van der Waals surface area contributed by atoms with Crippen LogP contribution >= 0.6 is 11.6 Å². The Kier molecular flexibility index (Phi) is 6.92. The van der Waals surface area contributed by atoms with Crippen LogP contribution < -0.4 is 10.1 Å². The van der Waals surface area contributed by atoms with Gasteiger partial charge >= 0.3 is 11.7 Å². The predicted octanol–water partition coefficient (Wildman–Crippen LogP) is 2.49. The van der Waals surface area contributed by atoms with Gasteiger partial charge in [0.15, 0.2) is 19.0 Å². The third-order valence-electron chi connectivity index (χ3n) is 3.21. The maximum atomic E-state index is 11.7. The summed E-state index contributed by atoms with van der Waals surface area (Å²) < 4.78 is 9.84. The number of halogens is 1. The van der Waals surface area contributed by atoms with Gasteiger partial charge in [0, 0.05) is 17.6 Å². The molecule has 0 heterocycles. The highest BCUT2D eigenvalue weighted by Crippen LogP contribution is 2.25. The molecule has 0 saturated carbocycles. The number of nitro benzene ring substituents is 1. The number of carbonyl (C=O) groups excluding carboxylic acids is 2. The molecule has 0 radical (unpaired) electrons. The first-order chi connectivity index (χ1) is 12.5. The molecule has 0 spiro atoms. The van der Waals surface area contributed by atoms with Crippen molar-refractivity contribution in [2.24, 2.45) is 0 Å². The van der Waals surface area contributed by atoms with Crippen molar-refractivity contribution >= 4 is 29.2 Å². The molecule has 0 fully saturated rings. The minimum Gasteiger partial charge on any atom is -0.475 e. The zero-order valence-corrected chi connectivity index (χ0v) is 14.3. The van der Waals surface area contributed by atoms with E-state index in [4.69, 9.17) is 21.1 Å². The summed E-state index contributed by atoms with van der Waals surface area (Å²) >= 11 is 5.97. The number of ether oxygens (including phenoxy) is 2. The van der Waals surface area contributed by atoms with Gasteiger partial charge in [0.05, 0.1) is 4.92 Å². The van der Waals surface area contributed by atoms with Crippen molar-refractivity contribution in [3.05, 3.63) is 69.2 Å². The molecule has 0 aliphatic heterocycles. The van der Waals surface area contributed by atoms with Gasteiger partial charge in [0.25, 0.3) is 5.91 Å². The van der Waals surface area contributed by atoms with Gasteiger partial charge in [-0.2, -0.15) is 0 Å². The molecule has 0 saturated heterocycles. The number of rotatable bonds is 8. The first-order valence-electron chi connectivity index (χ1n) is 7.49. The Morgan fingerprint density at radius 2 is 1.77 bits per heavy atom. The van der Waals surface area contributed by atoms with Crippen LogP contribution in [0.4, 0.5) is 5.69 Å². The molecule has 8 nitrogen and oxygen atoms in total. The van der Waals surface area contributed by atoms with Crippen LogP contribution in [0.25, 0.3) is 0 Å². The predicted molar refractivity (Wildman–Crippen MR) is 92.8 cm³/mol. The Balaban J connectivity index is 1.74. The van der Waals surface area contributed by atoms with E-state index in [1.165, 1.54) is 24.3 Å². The van der Waals surface area contributed by atoms with Crippen molar-refractivity contribution in [3.8, 4) is 5.75 Å². The van der Waals surface area contributed by atoms with Crippen molar-refractivity contribution < 1.29 is 24.0 Å². The van der Waals surface area contributed by atoms with Gasteiger partial charge in [0.1, 0.15) is 0 Å². The van der Waals surface area contributed by atoms with Crippen LogP contribution in [-0.4, -0.2) is 30.0 Å². The fourth-order valence-electron chi connectivity index (χ4n) is 1.94. The summed E-state index contributed by atoms with van der Waals surface area (Å²) in [6.45, 7) is -0.852. The van der Waals surface area contributed by atoms with Crippen LogP contribution in [0, 0.1) is 10.1 Å². The van der Waals surface area contributed by atoms with E-state index in [-0.39, 0.29) is 18.0 Å². The summed E-state index contributed by atoms with van der Waals surface area (Å²) in [7, 11) is 0. The highest BCUT2D eigenvalue weighted by molar-refractivity contribution is 6.31. The normalized spacial score (nSPS) is 10.0. The second-order valence-corrected chi connectivity index (χ2v) is 5.45. The highest BCUT2D eigenvalue weighted by atomic mass is 35.5. The molecular weight excluding hydrogens is 364 g/mol. The zero-order valence-electron chi connectivity index (χ0n) is 13.5. The minimum absolute atomic E-state index is 0.0578. The Morgan fingerprint density at radius 1 is 1.08 bits per heavy atom. The number of nitro groups is 1. The van der Waals surface area contributed by atoms with E-state index in [1.807, 2.05) is 0 Å². The van der Waals surface area contributed by atoms with Crippen molar-refractivity contribution in [2.75, 3.05) is 13.2 Å². The molecule has 0 bridgehead atoms. The lowest BCUT2D eigenvalue weighted by Gasteiger charge is -2.09. The molecule has 0 atom stereocenters. The maximum absolute atomic E-state index is 11.7. The van der Waals surface area contributed by atoms with Crippen LogP contribution in [0.15, 0.2) is 48.5 Å². The molecule has 1 N–H and O–H groups in total. The Morgan fingerprint density at radius 3 is 2.50 bits per heavy atom. The van der Waals surface area contributed by atoms with Crippen LogP contribution in [0.1, 0.15) is 5.56 Å². The third kappa shape index (κ3) is 5.75. The minimum atomic E-state index is -0.823. The molecule has 9 heteroatoms. The number of hydrogen-bond donors (Lipinski definition) is 1. The van der Waals surface area contributed by atoms with Crippen LogP contribution in [-0.2, 0) is 20.9 Å². The molecule has 2 aromatic carbocycles. The lowest BCUT2D eigenvalue weighted by molar-refractivity contribution is -0.385. The molecular formula is C17H15ClN2O6. The van der Waals surface area contributed by atoms with Gasteiger partial charge in [-0.15, -0.1) is 0 Å².